The van der Waals surface area contributed by atoms with Gasteiger partial charge in [0.1, 0.15) is 0 Å². The third kappa shape index (κ3) is 5.58. The average molecular weight is 381 g/mol. The molecule has 0 aliphatic heterocycles. The first-order valence-corrected chi connectivity index (χ1v) is 8.81. The fourth-order valence-corrected chi connectivity index (χ4v) is 2.83. The second-order valence-electron chi connectivity index (χ2n) is 5.11. The summed E-state index contributed by atoms with van der Waals surface area (Å²) in [6.45, 7) is 0.387. The number of halogens is 1. The van der Waals surface area contributed by atoms with Crippen LogP contribution in [0.15, 0.2) is 35.0 Å². The SMILES string of the molecule is COC(=O)c1ccc(Cl)c(NC(=O)CCCNC(=O)c2ccsc2)c1. The van der Waals surface area contributed by atoms with Gasteiger partial charge in [-0.2, -0.15) is 11.3 Å². The van der Waals surface area contributed by atoms with Crippen LogP contribution in [0.2, 0.25) is 5.02 Å². The minimum atomic E-state index is -0.511. The molecule has 2 aromatic rings. The van der Waals surface area contributed by atoms with E-state index >= 15 is 0 Å². The van der Waals surface area contributed by atoms with Crippen LogP contribution in [0, 0.1) is 0 Å². The number of anilines is 1. The first-order chi connectivity index (χ1) is 12.0. The minimum absolute atomic E-state index is 0.157. The Morgan fingerprint density at radius 1 is 1.20 bits per heavy atom. The Bertz CT molecular complexity index is 762. The molecule has 0 saturated carbocycles. The molecule has 0 atom stereocenters. The molecule has 0 unspecified atom stereocenters. The number of carbonyl (C=O) groups excluding carboxylic acids is 3. The molecule has 0 saturated heterocycles. The lowest BCUT2D eigenvalue weighted by Crippen LogP contribution is -2.25. The number of hydrogen-bond donors (Lipinski definition) is 2. The average Bonchev–Trinajstić information content (AvgIpc) is 3.14. The van der Waals surface area contributed by atoms with E-state index in [1.807, 2.05) is 5.38 Å². The van der Waals surface area contributed by atoms with E-state index in [2.05, 4.69) is 15.4 Å². The van der Waals surface area contributed by atoms with Crippen molar-refractivity contribution in [2.75, 3.05) is 19.0 Å². The lowest BCUT2D eigenvalue weighted by atomic mass is 10.2. The Balaban J connectivity index is 1.80. The highest BCUT2D eigenvalue weighted by molar-refractivity contribution is 7.08. The van der Waals surface area contributed by atoms with Crippen LogP contribution in [0.4, 0.5) is 5.69 Å². The van der Waals surface area contributed by atoms with Crippen LogP contribution in [-0.2, 0) is 9.53 Å². The number of methoxy groups -OCH3 is 1. The van der Waals surface area contributed by atoms with E-state index in [0.29, 0.717) is 34.8 Å². The monoisotopic (exact) mass is 380 g/mol. The van der Waals surface area contributed by atoms with Crippen molar-refractivity contribution in [1.82, 2.24) is 5.32 Å². The summed E-state index contributed by atoms with van der Waals surface area (Å²) in [4.78, 5) is 35.3. The van der Waals surface area contributed by atoms with Gasteiger partial charge < -0.3 is 15.4 Å². The molecule has 0 aliphatic carbocycles. The van der Waals surface area contributed by atoms with Gasteiger partial charge >= 0.3 is 5.97 Å². The summed E-state index contributed by atoms with van der Waals surface area (Å²) in [7, 11) is 1.28. The molecular weight excluding hydrogens is 364 g/mol. The summed E-state index contributed by atoms with van der Waals surface area (Å²) in [5.41, 5.74) is 1.25. The smallest absolute Gasteiger partial charge is 0.337 e. The zero-order valence-electron chi connectivity index (χ0n) is 13.5. The molecule has 1 aromatic heterocycles. The van der Waals surface area contributed by atoms with E-state index < -0.39 is 5.97 Å². The van der Waals surface area contributed by atoms with Crippen molar-refractivity contribution in [2.45, 2.75) is 12.8 Å². The summed E-state index contributed by atoms with van der Waals surface area (Å²) in [5, 5.41) is 9.32. The number of amides is 2. The molecule has 1 aromatic carbocycles. The highest BCUT2D eigenvalue weighted by Gasteiger charge is 2.11. The van der Waals surface area contributed by atoms with Gasteiger partial charge in [-0.25, -0.2) is 4.79 Å². The number of esters is 1. The quantitative estimate of drug-likeness (QED) is 0.570. The minimum Gasteiger partial charge on any atom is -0.465 e. The number of carbonyl (C=O) groups is 3. The molecule has 0 bridgehead atoms. The van der Waals surface area contributed by atoms with Crippen LogP contribution >= 0.6 is 22.9 Å². The molecule has 2 rings (SSSR count). The molecule has 6 nitrogen and oxygen atoms in total. The van der Waals surface area contributed by atoms with Crippen LogP contribution < -0.4 is 10.6 Å². The van der Waals surface area contributed by atoms with Crippen LogP contribution in [-0.4, -0.2) is 31.4 Å². The fourth-order valence-electron chi connectivity index (χ4n) is 2.03. The fraction of sp³-hybridized carbons (Fsp3) is 0.235. The summed E-state index contributed by atoms with van der Waals surface area (Å²) in [6, 6.07) is 6.24. The van der Waals surface area contributed by atoms with Crippen LogP contribution in [0.3, 0.4) is 0 Å². The van der Waals surface area contributed by atoms with E-state index in [1.165, 1.54) is 36.6 Å². The topological polar surface area (TPSA) is 84.5 Å². The first kappa shape index (κ1) is 19.0. The van der Waals surface area contributed by atoms with Gasteiger partial charge in [0.25, 0.3) is 5.91 Å². The van der Waals surface area contributed by atoms with Gasteiger partial charge in [0.2, 0.25) is 5.91 Å². The zero-order valence-corrected chi connectivity index (χ0v) is 15.1. The van der Waals surface area contributed by atoms with E-state index in [9.17, 15) is 14.4 Å². The summed E-state index contributed by atoms with van der Waals surface area (Å²) in [6.07, 6.45) is 0.693. The van der Waals surface area contributed by atoms with Crippen molar-refractivity contribution < 1.29 is 19.1 Å². The van der Waals surface area contributed by atoms with Crippen molar-refractivity contribution in [3.63, 3.8) is 0 Å². The van der Waals surface area contributed by atoms with Crippen molar-refractivity contribution in [1.29, 1.82) is 0 Å². The zero-order chi connectivity index (χ0) is 18.2. The standard InChI is InChI=1S/C17H17ClN2O4S/c1-24-17(23)11-4-5-13(18)14(9-11)20-15(21)3-2-7-19-16(22)12-6-8-25-10-12/h4-6,8-10H,2-3,7H2,1H3,(H,19,22)(H,20,21). The molecule has 0 aliphatic rings. The molecule has 25 heavy (non-hydrogen) atoms. The molecule has 0 spiro atoms. The van der Waals surface area contributed by atoms with Crippen LogP contribution in [0.5, 0.6) is 0 Å². The molecule has 0 fully saturated rings. The number of nitrogens with one attached hydrogen (secondary N) is 2. The van der Waals surface area contributed by atoms with Gasteiger partial charge in [0, 0.05) is 23.9 Å². The Morgan fingerprint density at radius 2 is 2.00 bits per heavy atom. The summed E-state index contributed by atoms with van der Waals surface area (Å²) >= 11 is 7.47. The largest absolute Gasteiger partial charge is 0.465 e. The van der Waals surface area contributed by atoms with E-state index in [1.54, 1.807) is 11.4 Å². The van der Waals surface area contributed by atoms with Gasteiger partial charge in [0.15, 0.2) is 0 Å². The maximum absolute atomic E-state index is 12.0. The Labute approximate surface area is 154 Å². The van der Waals surface area contributed by atoms with Gasteiger partial charge in [-0.1, -0.05) is 11.6 Å². The third-order valence-electron chi connectivity index (χ3n) is 3.31. The normalized spacial score (nSPS) is 10.2. The Kier molecular flexibility index (Phi) is 6.97. The Morgan fingerprint density at radius 3 is 2.68 bits per heavy atom. The highest BCUT2D eigenvalue weighted by atomic mass is 35.5. The van der Waals surface area contributed by atoms with Crippen molar-refractivity contribution in [2.24, 2.45) is 0 Å². The van der Waals surface area contributed by atoms with Crippen molar-refractivity contribution >= 4 is 46.4 Å². The molecule has 132 valence electrons. The molecule has 0 radical (unpaired) electrons. The van der Waals surface area contributed by atoms with Gasteiger partial charge in [-0.15, -0.1) is 0 Å². The second-order valence-corrected chi connectivity index (χ2v) is 6.29. The van der Waals surface area contributed by atoms with E-state index in [4.69, 9.17) is 11.6 Å². The number of ether oxygens (including phenoxy) is 1. The predicted molar refractivity (Wildman–Crippen MR) is 97.3 cm³/mol. The van der Waals surface area contributed by atoms with Gasteiger partial charge in [0.05, 0.1) is 23.4 Å². The number of benzene rings is 1. The Hall–Kier alpha value is -2.38. The third-order valence-corrected chi connectivity index (χ3v) is 4.32. The molecule has 1 heterocycles. The maximum Gasteiger partial charge on any atom is 0.337 e. The molecule has 2 amide bonds. The summed E-state index contributed by atoms with van der Waals surface area (Å²) in [5.74, 6) is -0.924. The summed E-state index contributed by atoms with van der Waals surface area (Å²) < 4.78 is 4.63. The maximum atomic E-state index is 12.0. The second kappa shape index (κ2) is 9.19. The number of thiophene rings is 1. The molecule has 2 N–H and O–H groups in total. The number of rotatable bonds is 7. The predicted octanol–water partition coefficient (Wildman–Crippen LogP) is 3.34. The van der Waals surface area contributed by atoms with Crippen LogP contribution in [0.1, 0.15) is 33.6 Å². The molecular formula is C17H17ClN2O4S. The van der Waals surface area contributed by atoms with Gasteiger partial charge in [-0.3, -0.25) is 9.59 Å². The van der Waals surface area contributed by atoms with Crippen molar-refractivity contribution in [3.05, 3.63) is 51.2 Å². The lowest BCUT2D eigenvalue weighted by molar-refractivity contribution is -0.116. The number of hydrogen-bond acceptors (Lipinski definition) is 5. The van der Waals surface area contributed by atoms with E-state index in [-0.39, 0.29) is 18.2 Å². The van der Waals surface area contributed by atoms with Crippen molar-refractivity contribution in [3.8, 4) is 0 Å². The lowest BCUT2D eigenvalue weighted by Gasteiger charge is -2.09. The van der Waals surface area contributed by atoms with Crippen LogP contribution in [0.25, 0.3) is 0 Å². The molecule has 8 heteroatoms. The van der Waals surface area contributed by atoms with Gasteiger partial charge in [-0.05, 0) is 36.1 Å². The highest BCUT2D eigenvalue weighted by Crippen LogP contribution is 2.23. The first-order valence-electron chi connectivity index (χ1n) is 7.49. The van der Waals surface area contributed by atoms with E-state index in [0.717, 1.165) is 0 Å².